The van der Waals surface area contributed by atoms with E-state index in [1.54, 1.807) is 19.9 Å². The lowest BCUT2D eigenvalue weighted by molar-refractivity contribution is -0.124. The third-order valence-electron chi connectivity index (χ3n) is 4.40. The van der Waals surface area contributed by atoms with E-state index in [1.807, 2.05) is 27.7 Å². The molecule has 150 valence electrons. The number of halogens is 1. The van der Waals surface area contributed by atoms with Crippen LogP contribution in [0.15, 0.2) is 23.1 Å². The number of fused-ring (bicyclic) bond motifs is 1. The minimum absolute atomic E-state index is 0.111. The van der Waals surface area contributed by atoms with Crippen LogP contribution in [0.25, 0.3) is 0 Å². The second kappa shape index (κ2) is 8.37. The molecule has 8 heteroatoms. The number of carbonyl (C=O) groups is 2. The molecule has 2 rings (SSSR count). The summed E-state index contributed by atoms with van der Waals surface area (Å²) < 4.78 is 18.5. The van der Waals surface area contributed by atoms with Crippen molar-refractivity contribution in [2.45, 2.75) is 69.5 Å². The van der Waals surface area contributed by atoms with Gasteiger partial charge in [-0.1, -0.05) is 25.6 Å². The molecule has 1 aromatic carbocycles. The Morgan fingerprint density at radius 2 is 1.85 bits per heavy atom. The van der Waals surface area contributed by atoms with Crippen molar-refractivity contribution >= 4 is 29.4 Å². The Morgan fingerprint density at radius 1 is 1.19 bits per heavy atom. The summed E-state index contributed by atoms with van der Waals surface area (Å²) in [6.07, 6.45) is -0.884. The standard InChI is InChI=1S/C19H28FN3O3S/c1-10(2)16(22-18(25)26-11(3)4)17(24)21-12(5)19(6)23-14-8-7-13(20)9-15(14)27-19/h7-12,16,23H,1-6H3,(H,21,24)(H,22,25)/t12-,16+,19?/m1/s1. The summed E-state index contributed by atoms with van der Waals surface area (Å²) >= 11 is 1.47. The van der Waals surface area contributed by atoms with Gasteiger partial charge >= 0.3 is 6.09 Å². The van der Waals surface area contributed by atoms with Gasteiger partial charge in [0, 0.05) is 10.6 Å². The van der Waals surface area contributed by atoms with Crippen LogP contribution in [-0.4, -0.2) is 35.1 Å². The summed E-state index contributed by atoms with van der Waals surface area (Å²) in [6.45, 7) is 11.0. The van der Waals surface area contributed by atoms with Gasteiger partial charge in [0.25, 0.3) is 0 Å². The predicted molar refractivity (Wildman–Crippen MR) is 105 cm³/mol. The van der Waals surface area contributed by atoms with Gasteiger partial charge in [-0.25, -0.2) is 9.18 Å². The zero-order chi connectivity index (χ0) is 20.4. The van der Waals surface area contributed by atoms with Crippen LogP contribution in [0.3, 0.4) is 0 Å². The summed E-state index contributed by atoms with van der Waals surface area (Å²) in [7, 11) is 0. The van der Waals surface area contributed by atoms with E-state index >= 15 is 0 Å². The summed E-state index contributed by atoms with van der Waals surface area (Å²) in [5.41, 5.74) is 0.837. The first-order chi connectivity index (χ1) is 12.5. The molecule has 1 aromatic rings. The van der Waals surface area contributed by atoms with Gasteiger partial charge in [-0.05, 0) is 51.8 Å². The molecule has 0 saturated heterocycles. The van der Waals surface area contributed by atoms with Crippen LogP contribution in [0, 0.1) is 11.7 Å². The largest absolute Gasteiger partial charge is 0.447 e. The molecule has 1 aliphatic rings. The Hall–Kier alpha value is -1.96. The molecular weight excluding hydrogens is 369 g/mol. The summed E-state index contributed by atoms with van der Waals surface area (Å²) in [6, 6.07) is 3.58. The lowest BCUT2D eigenvalue weighted by Crippen LogP contribution is -2.57. The summed E-state index contributed by atoms with van der Waals surface area (Å²) in [4.78, 5) is 24.9. The first-order valence-corrected chi connectivity index (χ1v) is 9.87. The summed E-state index contributed by atoms with van der Waals surface area (Å²) in [5, 5.41) is 8.94. The second-order valence-electron chi connectivity index (χ2n) is 7.52. The molecule has 1 aliphatic heterocycles. The molecule has 27 heavy (non-hydrogen) atoms. The minimum atomic E-state index is -0.714. The molecule has 3 atom stereocenters. The first-order valence-electron chi connectivity index (χ1n) is 9.06. The molecule has 6 nitrogen and oxygen atoms in total. The number of hydrogen-bond donors (Lipinski definition) is 3. The van der Waals surface area contributed by atoms with Crippen LogP contribution >= 0.6 is 11.8 Å². The number of hydrogen-bond acceptors (Lipinski definition) is 5. The van der Waals surface area contributed by atoms with Gasteiger partial charge < -0.3 is 20.7 Å². The molecule has 2 amide bonds. The highest BCUT2D eigenvalue weighted by Crippen LogP contribution is 2.47. The van der Waals surface area contributed by atoms with Gasteiger partial charge in [0.1, 0.15) is 16.7 Å². The molecule has 0 fully saturated rings. The average molecular weight is 398 g/mol. The molecule has 0 aliphatic carbocycles. The number of carbonyl (C=O) groups excluding carboxylic acids is 2. The molecule has 1 unspecified atom stereocenters. The lowest BCUT2D eigenvalue weighted by Gasteiger charge is -2.33. The third-order valence-corrected chi connectivity index (χ3v) is 5.84. The fourth-order valence-electron chi connectivity index (χ4n) is 2.75. The topological polar surface area (TPSA) is 79.5 Å². The van der Waals surface area contributed by atoms with Gasteiger partial charge in [0.15, 0.2) is 0 Å². The van der Waals surface area contributed by atoms with Crippen molar-refractivity contribution in [1.82, 2.24) is 10.6 Å². The third kappa shape index (κ3) is 5.28. The predicted octanol–water partition coefficient (Wildman–Crippen LogP) is 3.72. The Kier molecular flexibility index (Phi) is 6.62. The Balaban J connectivity index is 2.03. The molecule has 0 radical (unpaired) electrons. The van der Waals surface area contributed by atoms with Crippen LogP contribution in [-0.2, 0) is 9.53 Å². The number of alkyl carbamates (subject to hydrolysis) is 1. The van der Waals surface area contributed by atoms with Crippen molar-refractivity contribution < 1.29 is 18.7 Å². The number of rotatable bonds is 6. The van der Waals surface area contributed by atoms with Crippen LogP contribution in [0.2, 0.25) is 0 Å². The van der Waals surface area contributed by atoms with Crippen LogP contribution in [0.4, 0.5) is 14.9 Å². The Bertz CT molecular complexity index is 713. The van der Waals surface area contributed by atoms with E-state index in [1.165, 1.54) is 23.9 Å². The molecule has 1 heterocycles. The highest BCUT2D eigenvalue weighted by atomic mass is 32.2. The Labute approximate surface area is 164 Å². The number of amides is 2. The average Bonchev–Trinajstić information content (AvgIpc) is 2.88. The lowest BCUT2D eigenvalue weighted by atomic mass is 10.0. The monoisotopic (exact) mass is 397 g/mol. The van der Waals surface area contributed by atoms with Crippen molar-refractivity contribution in [3.8, 4) is 0 Å². The van der Waals surface area contributed by atoms with E-state index in [2.05, 4.69) is 16.0 Å². The van der Waals surface area contributed by atoms with E-state index in [4.69, 9.17) is 4.74 Å². The first kappa shape index (κ1) is 21.3. The second-order valence-corrected chi connectivity index (χ2v) is 9.02. The SMILES string of the molecule is CC(C)OC(=O)N[C@H](C(=O)N[C@H](C)C1(C)Nc2ccc(F)cc2S1)C(C)C. The Morgan fingerprint density at radius 3 is 2.44 bits per heavy atom. The van der Waals surface area contributed by atoms with Gasteiger partial charge in [0.05, 0.1) is 12.1 Å². The number of anilines is 1. The van der Waals surface area contributed by atoms with Crippen LogP contribution in [0.5, 0.6) is 0 Å². The summed E-state index contributed by atoms with van der Waals surface area (Å²) in [5.74, 6) is -0.694. The van der Waals surface area contributed by atoms with Crippen molar-refractivity contribution in [2.24, 2.45) is 5.92 Å². The highest BCUT2D eigenvalue weighted by Gasteiger charge is 2.40. The molecule has 0 aromatic heterocycles. The maximum absolute atomic E-state index is 13.5. The zero-order valence-corrected chi connectivity index (χ0v) is 17.4. The maximum atomic E-state index is 13.5. The zero-order valence-electron chi connectivity index (χ0n) is 16.6. The van der Waals surface area contributed by atoms with E-state index in [9.17, 15) is 14.0 Å². The minimum Gasteiger partial charge on any atom is -0.447 e. The van der Waals surface area contributed by atoms with Crippen molar-refractivity contribution in [3.05, 3.63) is 24.0 Å². The smallest absolute Gasteiger partial charge is 0.408 e. The normalized spacial score (nSPS) is 20.6. The van der Waals surface area contributed by atoms with Crippen molar-refractivity contribution in [2.75, 3.05) is 5.32 Å². The number of thioether (sulfide) groups is 1. The van der Waals surface area contributed by atoms with Gasteiger partial charge in [-0.15, -0.1) is 0 Å². The van der Waals surface area contributed by atoms with E-state index in [-0.39, 0.29) is 29.8 Å². The van der Waals surface area contributed by atoms with E-state index in [0.717, 1.165) is 10.6 Å². The van der Waals surface area contributed by atoms with E-state index in [0.29, 0.717) is 0 Å². The molecule has 3 N–H and O–H groups in total. The van der Waals surface area contributed by atoms with Gasteiger partial charge in [-0.2, -0.15) is 0 Å². The quantitative estimate of drug-likeness (QED) is 0.682. The number of ether oxygens (including phenoxy) is 1. The molecule has 0 bridgehead atoms. The van der Waals surface area contributed by atoms with Crippen molar-refractivity contribution in [3.63, 3.8) is 0 Å². The van der Waals surface area contributed by atoms with Gasteiger partial charge in [0.2, 0.25) is 5.91 Å². The van der Waals surface area contributed by atoms with Crippen LogP contribution in [0.1, 0.15) is 41.5 Å². The molecule has 0 spiro atoms. The molecular formula is C19H28FN3O3S. The fourth-order valence-corrected chi connectivity index (χ4v) is 4.01. The van der Waals surface area contributed by atoms with Crippen molar-refractivity contribution in [1.29, 1.82) is 0 Å². The fraction of sp³-hybridized carbons (Fsp3) is 0.579. The highest BCUT2D eigenvalue weighted by molar-refractivity contribution is 8.01. The maximum Gasteiger partial charge on any atom is 0.408 e. The molecule has 0 saturated carbocycles. The number of nitrogens with one attached hydrogen (secondary N) is 3. The van der Waals surface area contributed by atoms with Crippen LogP contribution < -0.4 is 16.0 Å². The van der Waals surface area contributed by atoms with E-state index < -0.39 is 17.0 Å². The number of benzene rings is 1. The van der Waals surface area contributed by atoms with Gasteiger partial charge in [-0.3, -0.25) is 4.79 Å².